The molecule has 2 fully saturated rings. The Morgan fingerprint density at radius 3 is 2.79 bits per heavy atom. The average molecular weight is 345 g/mol. The molecular weight excluding hydrogens is 322 g/mol. The number of carbonyl (C=O) groups excluding carboxylic acids is 1. The molecule has 2 aromatic rings. The predicted octanol–water partition coefficient (Wildman–Crippen LogP) is 2.68. The lowest BCUT2D eigenvalue weighted by Crippen LogP contribution is -2.51. The molecule has 0 saturated carbocycles. The summed E-state index contributed by atoms with van der Waals surface area (Å²) in [4.78, 5) is 21.6. The Hall–Kier alpha value is -1.50. The van der Waals surface area contributed by atoms with Gasteiger partial charge in [0.15, 0.2) is 0 Å². The summed E-state index contributed by atoms with van der Waals surface area (Å²) >= 11 is 1.77. The largest absolute Gasteiger partial charge is 0.368 e. The van der Waals surface area contributed by atoms with Gasteiger partial charge >= 0.3 is 0 Å². The molecule has 1 amide bonds. The number of para-hydroxylation sites is 1. The van der Waals surface area contributed by atoms with Crippen LogP contribution in [0.3, 0.4) is 0 Å². The first-order valence-electron chi connectivity index (χ1n) is 8.72. The topological polar surface area (TPSA) is 45.7 Å². The second-order valence-corrected chi connectivity index (χ2v) is 7.62. The molecule has 0 bridgehead atoms. The summed E-state index contributed by atoms with van der Waals surface area (Å²) < 4.78 is 6.77. The molecule has 3 heterocycles. The van der Waals surface area contributed by atoms with Gasteiger partial charge in [-0.2, -0.15) is 0 Å². The van der Waals surface area contributed by atoms with Gasteiger partial charge in [-0.1, -0.05) is 12.1 Å². The highest BCUT2D eigenvalue weighted by molar-refractivity contribution is 7.18. The molecule has 2 saturated heterocycles. The average Bonchev–Trinajstić information content (AvgIpc) is 3.30. The highest BCUT2D eigenvalue weighted by Gasteiger charge is 2.31. The van der Waals surface area contributed by atoms with Gasteiger partial charge < -0.3 is 9.64 Å². The third kappa shape index (κ3) is 3.06. The van der Waals surface area contributed by atoms with Gasteiger partial charge in [0.05, 0.1) is 16.3 Å². The number of fused-ring (bicyclic) bond motifs is 1. The van der Waals surface area contributed by atoms with Crippen molar-refractivity contribution in [2.45, 2.75) is 31.9 Å². The number of hydrogen-bond acceptors (Lipinski definition) is 5. The van der Waals surface area contributed by atoms with Gasteiger partial charge in [-0.3, -0.25) is 9.69 Å². The molecule has 6 heteroatoms. The van der Waals surface area contributed by atoms with Gasteiger partial charge in [0.1, 0.15) is 11.1 Å². The Balaban J connectivity index is 1.38. The standard InChI is InChI=1S/C18H23N3O2S/c1-13(17-19-14-5-2-3-7-16(14)24-17)20-8-10-21(11-9-20)18(22)15-6-4-12-23-15/h2-3,5,7,13,15H,4,6,8-12H2,1H3/t13-,15+/m0/s1. The molecule has 1 aromatic heterocycles. The second kappa shape index (κ2) is 6.78. The molecule has 0 radical (unpaired) electrons. The zero-order valence-electron chi connectivity index (χ0n) is 14.0. The zero-order chi connectivity index (χ0) is 16.5. The molecule has 2 aliphatic rings. The SMILES string of the molecule is C[C@@H](c1nc2ccccc2s1)N1CCN(C(=O)[C@H]2CCCO2)CC1. The normalized spacial score (nSPS) is 23.7. The Bertz CT molecular complexity index is 685. The van der Waals surface area contributed by atoms with Crippen LogP contribution >= 0.6 is 11.3 Å². The van der Waals surface area contributed by atoms with Crippen LogP contribution in [0.4, 0.5) is 0 Å². The lowest BCUT2D eigenvalue weighted by molar-refractivity contribution is -0.143. The molecule has 0 unspecified atom stereocenters. The van der Waals surface area contributed by atoms with E-state index in [1.165, 1.54) is 4.70 Å². The van der Waals surface area contributed by atoms with Gasteiger partial charge in [0, 0.05) is 32.8 Å². The van der Waals surface area contributed by atoms with Crippen molar-refractivity contribution in [2.75, 3.05) is 32.8 Å². The van der Waals surface area contributed by atoms with Crippen LogP contribution in [0.2, 0.25) is 0 Å². The van der Waals surface area contributed by atoms with Gasteiger partial charge in [-0.05, 0) is 31.9 Å². The summed E-state index contributed by atoms with van der Waals surface area (Å²) in [6.07, 6.45) is 1.69. The Morgan fingerprint density at radius 1 is 1.29 bits per heavy atom. The van der Waals surface area contributed by atoms with E-state index < -0.39 is 0 Å². The minimum absolute atomic E-state index is 0.180. The van der Waals surface area contributed by atoms with Crippen molar-refractivity contribution >= 4 is 27.5 Å². The van der Waals surface area contributed by atoms with Crippen molar-refractivity contribution in [1.82, 2.24) is 14.8 Å². The predicted molar refractivity (Wildman–Crippen MR) is 95.2 cm³/mol. The lowest BCUT2D eigenvalue weighted by atomic mass is 10.2. The van der Waals surface area contributed by atoms with Crippen LogP contribution in [0.15, 0.2) is 24.3 Å². The Morgan fingerprint density at radius 2 is 2.08 bits per heavy atom. The first kappa shape index (κ1) is 16.0. The fourth-order valence-electron chi connectivity index (χ4n) is 3.53. The molecule has 0 aliphatic carbocycles. The van der Waals surface area contributed by atoms with Crippen LogP contribution in [-0.2, 0) is 9.53 Å². The van der Waals surface area contributed by atoms with E-state index in [-0.39, 0.29) is 12.0 Å². The number of amides is 1. The van der Waals surface area contributed by atoms with Crippen LogP contribution in [0, 0.1) is 0 Å². The zero-order valence-corrected chi connectivity index (χ0v) is 14.8. The van der Waals surface area contributed by atoms with Crippen LogP contribution < -0.4 is 0 Å². The molecule has 4 rings (SSSR count). The molecule has 2 aliphatic heterocycles. The van der Waals surface area contributed by atoms with Crippen LogP contribution in [0.1, 0.15) is 30.8 Å². The highest BCUT2D eigenvalue weighted by atomic mass is 32.1. The summed E-state index contributed by atoms with van der Waals surface area (Å²) in [5.41, 5.74) is 1.08. The number of rotatable bonds is 3. The van der Waals surface area contributed by atoms with Crippen molar-refractivity contribution in [3.05, 3.63) is 29.3 Å². The van der Waals surface area contributed by atoms with E-state index in [4.69, 9.17) is 9.72 Å². The molecular formula is C18H23N3O2S. The van der Waals surface area contributed by atoms with Crippen molar-refractivity contribution < 1.29 is 9.53 Å². The van der Waals surface area contributed by atoms with E-state index in [2.05, 4.69) is 30.0 Å². The number of aromatic nitrogens is 1. The third-order valence-corrected chi connectivity index (χ3v) is 6.25. The van der Waals surface area contributed by atoms with E-state index in [1.807, 2.05) is 11.0 Å². The number of ether oxygens (including phenoxy) is 1. The van der Waals surface area contributed by atoms with Gasteiger partial charge in [0.25, 0.3) is 5.91 Å². The lowest BCUT2D eigenvalue weighted by Gasteiger charge is -2.38. The molecule has 5 nitrogen and oxygen atoms in total. The number of nitrogens with zero attached hydrogens (tertiary/aromatic N) is 3. The Kier molecular flexibility index (Phi) is 4.52. The van der Waals surface area contributed by atoms with E-state index in [0.717, 1.165) is 56.2 Å². The summed E-state index contributed by atoms with van der Waals surface area (Å²) in [6, 6.07) is 8.58. The van der Waals surface area contributed by atoms with Gasteiger partial charge in [-0.15, -0.1) is 11.3 Å². The Labute approximate surface area is 146 Å². The minimum Gasteiger partial charge on any atom is -0.368 e. The van der Waals surface area contributed by atoms with E-state index in [9.17, 15) is 4.79 Å². The summed E-state index contributed by atoms with van der Waals surface area (Å²) in [6.45, 7) is 6.31. The molecule has 24 heavy (non-hydrogen) atoms. The maximum Gasteiger partial charge on any atom is 0.251 e. The van der Waals surface area contributed by atoms with E-state index in [1.54, 1.807) is 11.3 Å². The summed E-state index contributed by atoms with van der Waals surface area (Å²) in [5.74, 6) is 0.180. The van der Waals surface area contributed by atoms with Crippen LogP contribution in [0.25, 0.3) is 10.2 Å². The number of carbonyl (C=O) groups is 1. The molecule has 1 aromatic carbocycles. The molecule has 0 N–H and O–H groups in total. The minimum atomic E-state index is -0.196. The third-order valence-electron chi connectivity index (χ3n) is 5.05. The fourth-order valence-corrected chi connectivity index (χ4v) is 4.58. The first-order chi connectivity index (χ1) is 11.7. The van der Waals surface area contributed by atoms with Crippen molar-refractivity contribution in [2.24, 2.45) is 0 Å². The number of benzene rings is 1. The monoisotopic (exact) mass is 345 g/mol. The molecule has 0 spiro atoms. The number of piperazine rings is 1. The first-order valence-corrected chi connectivity index (χ1v) is 9.54. The van der Waals surface area contributed by atoms with Gasteiger partial charge in [0.2, 0.25) is 0 Å². The van der Waals surface area contributed by atoms with E-state index >= 15 is 0 Å². The number of thiazole rings is 1. The van der Waals surface area contributed by atoms with Crippen molar-refractivity contribution in [3.8, 4) is 0 Å². The van der Waals surface area contributed by atoms with Crippen molar-refractivity contribution in [1.29, 1.82) is 0 Å². The molecule has 2 atom stereocenters. The highest BCUT2D eigenvalue weighted by Crippen LogP contribution is 2.30. The van der Waals surface area contributed by atoms with Crippen LogP contribution in [-0.4, -0.2) is 59.6 Å². The summed E-state index contributed by atoms with van der Waals surface area (Å²) in [5, 5.41) is 1.16. The molecule has 128 valence electrons. The number of hydrogen-bond donors (Lipinski definition) is 0. The fraction of sp³-hybridized carbons (Fsp3) is 0.556. The van der Waals surface area contributed by atoms with Crippen molar-refractivity contribution in [3.63, 3.8) is 0 Å². The van der Waals surface area contributed by atoms with Crippen LogP contribution in [0.5, 0.6) is 0 Å². The second-order valence-electron chi connectivity index (χ2n) is 6.56. The smallest absolute Gasteiger partial charge is 0.251 e. The summed E-state index contributed by atoms with van der Waals surface area (Å²) in [7, 11) is 0. The van der Waals surface area contributed by atoms with E-state index in [0.29, 0.717) is 6.04 Å². The quantitative estimate of drug-likeness (QED) is 0.858. The maximum absolute atomic E-state index is 12.4. The van der Waals surface area contributed by atoms with Gasteiger partial charge in [-0.25, -0.2) is 4.98 Å². The maximum atomic E-state index is 12.4.